The van der Waals surface area contributed by atoms with Gasteiger partial charge < -0.3 is 24.8 Å². The van der Waals surface area contributed by atoms with Gasteiger partial charge in [0.25, 0.3) is 5.91 Å². The minimum atomic E-state index is -4.58. The molecule has 2 atom stereocenters. The van der Waals surface area contributed by atoms with Gasteiger partial charge in [-0.05, 0) is 70.5 Å². The molecular weight excluding hydrogens is 561 g/mol. The van der Waals surface area contributed by atoms with Gasteiger partial charge in [0.05, 0.1) is 23.6 Å². The molecule has 0 bridgehead atoms. The lowest BCUT2D eigenvalue weighted by Gasteiger charge is -2.45. The van der Waals surface area contributed by atoms with E-state index >= 15 is 0 Å². The lowest BCUT2D eigenvalue weighted by molar-refractivity contribution is -0.226. The maximum Gasteiger partial charge on any atom is 0.403 e. The van der Waals surface area contributed by atoms with E-state index in [1.807, 2.05) is 44.0 Å². The molecular formula is C31H41F3N6O3. The van der Waals surface area contributed by atoms with E-state index in [9.17, 15) is 22.8 Å². The van der Waals surface area contributed by atoms with E-state index in [1.165, 1.54) is 4.90 Å². The zero-order chi connectivity index (χ0) is 30.8. The first-order chi connectivity index (χ1) is 20.6. The average molecular weight is 603 g/mol. The van der Waals surface area contributed by atoms with Crippen LogP contribution in [0.3, 0.4) is 0 Å². The molecule has 4 heterocycles. The smallest absolute Gasteiger partial charge is 0.403 e. The first kappa shape index (κ1) is 31.0. The maximum absolute atomic E-state index is 14.2. The molecule has 2 aromatic heterocycles. The fourth-order valence-electron chi connectivity index (χ4n) is 6.75. The number of anilines is 1. The molecule has 1 saturated carbocycles. The number of halogens is 3. The quantitative estimate of drug-likeness (QED) is 0.475. The van der Waals surface area contributed by atoms with Crippen LogP contribution in [-0.4, -0.2) is 96.2 Å². The number of rotatable bonds is 8. The number of likely N-dealkylation sites (tertiary alicyclic amines) is 1. The summed E-state index contributed by atoms with van der Waals surface area (Å²) in [5.74, 6) is -0.708. The Balaban J connectivity index is 1.46. The van der Waals surface area contributed by atoms with Crippen molar-refractivity contribution in [3.63, 3.8) is 0 Å². The van der Waals surface area contributed by atoms with Crippen molar-refractivity contribution in [2.24, 2.45) is 5.41 Å². The van der Waals surface area contributed by atoms with Crippen LogP contribution in [-0.2, 0) is 4.79 Å². The van der Waals surface area contributed by atoms with Crippen LogP contribution in [0.25, 0.3) is 11.3 Å². The largest absolute Gasteiger partial charge is 0.477 e. The van der Waals surface area contributed by atoms with Crippen LogP contribution in [0.5, 0.6) is 5.88 Å². The molecule has 3 aliphatic rings. The van der Waals surface area contributed by atoms with Crippen LogP contribution < -0.4 is 15.0 Å². The van der Waals surface area contributed by atoms with Crippen LogP contribution in [0, 0.1) is 5.41 Å². The van der Waals surface area contributed by atoms with E-state index in [0.29, 0.717) is 55.2 Å². The normalized spacial score (nSPS) is 22.6. The highest BCUT2D eigenvalue weighted by atomic mass is 19.4. The first-order valence-electron chi connectivity index (χ1n) is 15.3. The van der Waals surface area contributed by atoms with Gasteiger partial charge in [-0.15, -0.1) is 0 Å². The summed E-state index contributed by atoms with van der Waals surface area (Å²) in [6.45, 7) is 6.43. The predicted octanol–water partition coefficient (Wildman–Crippen LogP) is 4.53. The number of alkyl halides is 3. The van der Waals surface area contributed by atoms with Gasteiger partial charge in [-0.3, -0.25) is 9.59 Å². The molecule has 2 aromatic rings. The molecule has 5 rings (SSSR count). The van der Waals surface area contributed by atoms with Gasteiger partial charge in [0.15, 0.2) is 5.69 Å². The Bertz CT molecular complexity index is 1320. The molecule has 2 aliphatic heterocycles. The van der Waals surface area contributed by atoms with Crippen LogP contribution in [0.1, 0.15) is 62.9 Å². The second-order valence-corrected chi connectivity index (χ2v) is 11.9. The SMILES string of the molecule is CCOc1ncccc1-c1ccc(N2CCN(C(=O)C3(C(F)(F)F)CCCC3)C[C@H]2CC)c(C(=O)N[C@@H]2CCN(C)C2)n1. The van der Waals surface area contributed by atoms with Gasteiger partial charge in [0.2, 0.25) is 11.8 Å². The summed E-state index contributed by atoms with van der Waals surface area (Å²) in [7, 11) is 2.01. The van der Waals surface area contributed by atoms with Crippen LogP contribution in [0.4, 0.5) is 18.9 Å². The number of carbonyl (C=O) groups excluding carboxylic acids is 2. The van der Waals surface area contributed by atoms with Crippen molar-refractivity contribution in [3.8, 4) is 17.1 Å². The third kappa shape index (κ3) is 6.16. The summed E-state index contributed by atoms with van der Waals surface area (Å²) in [4.78, 5) is 42.0. The van der Waals surface area contributed by atoms with Gasteiger partial charge >= 0.3 is 6.18 Å². The van der Waals surface area contributed by atoms with Gasteiger partial charge in [0.1, 0.15) is 5.41 Å². The summed E-state index contributed by atoms with van der Waals surface area (Å²) < 4.78 is 48.3. The van der Waals surface area contributed by atoms with E-state index in [1.54, 1.807) is 12.3 Å². The van der Waals surface area contributed by atoms with E-state index in [2.05, 4.69) is 15.2 Å². The second kappa shape index (κ2) is 12.7. The second-order valence-electron chi connectivity index (χ2n) is 11.9. The highest BCUT2D eigenvalue weighted by Crippen LogP contribution is 2.52. The topological polar surface area (TPSA) is 90.9 Å². The number of hydrogen-bond donors (Lipinski definition) is 1. The number of aromatic nitrogens is 2. The summed E-state index contributed by atoms with van der Waals surface area (Å²) in [6, 6.07) is 6.98. The number of pyridine rings is 2. The Labute approximate surface area is 250 Å². The molecule has 0 aromatic carbocycles. The van der Waals surface area contributed by atoms with Crippen LogP contribution in [0.2, 0.25) is 0 Å². The molecule has 43 heavy (non-hydrogen) atoms. The van der Waals surface area contributed by atoms with Crippen LogP contribution >= 0.6 is 0 Å². The number of hydrogen-bond acceptors (Lipinski definition) is 7. The molecule has 9 nitrogen and oxygen atoms in total. The Morgan fingerprint density at radius 3 is 2.51 bits per heavy atom. The van der Waals surface area contributed by atoms with Crippen molar-refractivity contribution >= 4 is 17.5 Å². The molecule has 0 spiro atoms. The third-order valence-corrected chi connectivity index (χ3v) is 9.10. The van der Waals surface area contributed by atoms with Crippen molar-refractivity contribution in [1.82, 2.24) is 25.1 Å². The number of carbonyl (C=O) groups is 2. The molecule has 1 aliphatic carbocycles. The third-order valence-electron chi connectivity index (χ3n) is 9.10. The minimum Gasteiger partial charge on any atom is -0.477 e. The number of amides is 2. The number of likely N-dealkylation sites (N-methyl/N-ethyl adjacent to an activating group) is 1. The fourth-order valence-corrected chi connectivity index (χ4v) is 6.75. The number of nitrogens with zero attached hydrogens (tertiary/aromatic N) is 5. The molecule has 2 saturated heterocycles. The Hall–Kier alpha value is -3.41. The van der Waals surface area contributed by atoms with E-state index in [-0.39, 0.29) is 49.6 Å². The average Bonchev–Trinajstić information content (AvgIpc) is 3.66. The minimum absolute atomic E-state index is 0.0189. The van der Waals surface area contributed by atoms with Crippen molar-refractivity contribution in [1.29, 1.82) is 0 Å². The van der Waals surface area contributed by atoms with Crippen molar-refractivity contribution < 1.29 is 27.5 Å². The molecule has 12 heteroatoms. The van der Waals surface area contributed by atoms with Gasteiger partial charge in [0, 0.05) is 44.5 Å². The van der Waals surface area contributed by atoms with Gasteiger partial charge in [-0.2, -0.15) is 13.2 Å². The maximum atomic E-state index is 14.2. The summed E-state index contributed by atoms with van der Waals surface area (Å²) in [6.07, 6.45) is -1.05. The standard InChI is InChI=1S/C31H41F3N6O3/c1-4-22-20-39(29(42)30(31(32,33)34)13-6-7-14-30)17-18-40(22)25-11-10-24(23-9-8-15-35-28(23)43-5-2)37-26(25)27(41)36-21-12-16-38(3)19-21/h8-11,15,21-22H,4-7,12-14,16-20H2,1-3H3,(H,36,41)/t21-,22-/m1/s1. The summed E-state index contributed by atoms with van der Waals surface area (Å²) >= 11 is 0. The fraction of sp³-hybridized carbons (Fsp3) is 0.613. The molecule has 0 unspecified atom stereocenters. The number of ether oxygens (including phenoxy) is 1. The van der Waals surface area contributed by atoms with E-state index < -0.39 is 17.5 Å². The number of piperazine rings is 1. The zero-order valence-electron chi connectivity index (χ0n) is 25.1. The van der Waals surface area contributed by atoms with E-state index in [4.69, 9.17) is 9.72 Å². The van der Waals surface area contributed by atoms with Gasteiger partial charge in [-0.25, -0.2) is 9.97 Å². The van der Waals surface area contributed by atoms with Crippen molar-refractivity contribution in [2.75, 3.05) is 51.3 Å². The Morgan fingerprint density at radius 1 is 1.09 bits per heavy atom. The van der Waals surface area contributed by atoms with E-state index in [0.717, 1.165) is 19.5 Å². The highest BCUT2D eigenvalue weighted by molar-refractivity contribution is 5.99. The molecule has 3 fully saturated rings. The van der Waals surface area contributed by atoms with Crippen LogP contribution in [0.15, 0.2) is 30.5 Å². The van der Waals surface area contributed by atoms with Gasteiger partial charge in [-0.1, -0.05) is 19.8 Å². The molecule has 234 valence electrons. The first-order valence-corrected chi connectivity index (χ1v) is 15.3. The molecule has 1 N–H and O–H groups in total. The highest BCUT2D eigenvalue weighted by Gasteiger charge is 2.62. The monoisotopic (exact) mass is 602 g/mol. The predicted molar refractivity (Wildman–Crippen MR) is 157 cm³/mol. The Morgan fingerprint density at radius 2 is 1.86 bits per heavy atom. The molecule has 2 amide bonds. The van der Waals surface area contributed by atoms with Crippen molar-refractivity contribution in [2.45, 2.75) is 70.6 Å². The summed E-state index contributed by atoms with van der Waals surface area (Å²) in [5, 5.41) is 3.14. The zero-order valence-corrected chi connectivity index (χ0v) is 25.1. The Kier molecular flexibility index (Phi) is 9.15. The van der Waals surface area contributed by atoms with Crippen molar-refractivity contribution in [3.05, 3.63) is 36.2 Å². The lowest BCUT2D eigenvalue weighted by atomic mass is 9.83. The number of nitrogens with one attached hydrogen (secondary N) is 1. The molecule has 0 radical (unpaired) electrons. The summed E-state index contributed by atoms with van der Waals surface area (Å²) in [5.41, 5.74) is -0.275. The lowest BCUT2D eigenvalue weighted by Crippen LogP contribution is -2.60.